The van der Waals surface area contributed by atoms with Crippen molar-refractivity contribution < 1.29 is 28.3 Å². The minimum atomic E-state index is -0.655. The molecule has 8 heteroatoms. The minimum Gasteiger partial charge on any atom is -0.426 e. The Morgan fingerprint density at radius 1 is 0.912 bits per heavy atom. The summed E-state index contributed by atoms with van der Waals surface area (Å²) in [5.74, 6) is -2.62. The Hall–Kier alpha value is -3.81. The van der Waals surface area contributed by atoms with E-state index in [1.165, 1.54) is 46.2 Å². The fourth-order valence-corrected chi connectivity index (χ4v) is 4.89. The van der Waals surface area contributed by atoms with Crippen LogP contribution in [0.25, 0.3) is 0 Å². The second-order valence-electron chi connectivity index (χ2n) is 9.01. The van der Waals surface area contributed by atoms with Crippen molar-refractivity contribution in [3.8, 4) is 5.75 Å². The number of esters is 1. The van der Waals surface area contributed by atoms with Crippen molar-refractivity contribution in [2.24, 2.45) is 17.8 Å². The van der Waals surface area contributed by atoms with Gasteiger partial charge in [0.05, 0.1) is 23.4 Å². The summed E-state index contributed by atoms with van der Waals surface area (Å²) < 4.78 is 18.6. The molecule has 174 valence electrons. The number of ether oxygens (including phenoxy) is 1. The number of amides is 3. The van der Waals surface area contributed by atoms with E-state index in [4.69, 9.17) is 4.74 Å². The van der Waals surface area contributed by atoms with E-state index in [1.807, 2.05) is 13.0 Å². The molecule has 3 amide bonds. The topological polar surface area (TPSA) is 84.0 Å². The number of carbonyl (C=O) groups is 4. The minimum absolute atomic E-state index is 0.00129. The van der Waals surface area contributed by atoms with Gasteiger partial charge in [-0.1, -0.05) is 11.6 Å². The third-order valence-corrected chi connectivity index (χ3v) is 6.73. The van der Waals surface area contributed by atoms with Crippen LogP contribution in [0.2, 0.25) is 0 Å². The van der Waals surface area contributed by atoms with Gasteiger partial charge in [-0.3, -0.25) is 24.1 Å². The van der Waals surface area contributed by atoms with E-state index in [0.717, 1.165) is 5.57 Å². The lowest BCUT2D eigenvalue weighted by Crippen LogP contribution is -2.30. The van der Waals surface area contributed by atoms with Crippen LogP contribution in [0.4, 0.5) is 15.8 Å². The van der Waals surface area contributed by atoms with E-state index >= 15 is 0 Å². The fourth-order valence-electron chi connectivity index (χ4n) is 4.89. The van der Waals surface area contributed by atoms with Crippen LogP contribution in [-0.4, -0.2) is 30.2 Å². The summed E-state index contributed by atoms with van der Waals surface area (Å²) in [5, 5.41) is 0. The van der Waals surface area contributed by atoms with Gasteiger partial charge in [0.1, 0.15) is 11.6 Å². The number of anilines is 2. The van der Waals surface area contributed by atoms with Crippen molar-refractivity contribution in [3.05, 3.63) is 66.0 Å². The van der Waals surface area contributed by atoms with Gasteiger partial charge in [0.15, 0.2) is 0 Å². The van der Waals surface area contributed by atoms with Crippen LogP contribution in [0.1, 0.15) is 26.2 Å². The first-order valence-electron chi connectivity index (χ1n) is 11.2. The quantitative estimate of drug-likeness (QED) is 0.300. The molecule has 0 saturated carbocycles. The van der Waals surface area contributed by atoms with Crippen LogP contribution in [0.5, 0.6) is 5.75 Å². The number of hydrogen-bond acceptors (Lipinski definition) is 5. The Bertz CT molecular complexity index is 1200. The normalized spacial score (nSPS) is 24.4. The summed E-state index contributed by atoms with van der Waals surface area (Å²) in [6.45, 7) is 2.12. The average Bonchev–Trinajstić information content (AvgIpc) is 3.32. The summed E-state index contributed by atoms with van der Waals surface area (Å²) in [4.78, 5) is 53.4. The monoisotopic (exact) mass is 462 g/mol. The predicted molar refractivity (Wildman–Crippen MR) is 121 cm³/mol. The second-order valence-corrected chi connectivity index (χ2v) is 9.01. The van der Waals surface area contributed by atoms with Gasteiger partial charge in [-0.15, -0.1) is 0 Å². The zero-order valence-corrected chi connectivity index (χ0v) is 18.6. The maximum Gasteiger partial charge on any atom is 0.316 e. The number of hydrogen-bond donors (Lipinski definition) is 0. The van der Waals surface area contributed by atoms with E-state index in [-0.39, 0.29) is 48.3 Å². The molecule has 2 fully saturated rings. The first kappa shape index (κ1) is 22.0. The molecule has 34 heavy (non-hydrogen) atoms. The van der Waals surface area contributed by atoms with Crippen molar-refractivity contribution in [1.29, 1.82) is 0 Å². The van der Waals surface area contributed by atoms with Gasteiger partial charge in [-0.2, -0.15) is 0 Å². The summed E-state index contributed by atoms with van der Waals surface area (Å²) in [7, 11) is 0. The first-order valence-corrected chi connectivity index (χ1v) is 11.2. The number of benzene rings is 2. The Labute approximate surface area is 195 Å². The summed E-state index contributed by atoms with van der Waals surface area (Å²) in [6, 6.07) is 11.8. The van der Waals surface area contributed by atoms with Gasteiger partial charge in [-0.05, 0) is 68.3 Å². The van der Waals surface area contributed by atoms with Gasteiger partial charge in [0.25, 0.3) is 0 Å². The number of carbonyl (C=O) groups excluding carboxylic acids is 4. The van der Waals surface area contributed by atoms with Crippen LogP contribution in [0.3, 0.4) is 0 Å². The maximum atomic E-state index is 13.2. The molecule has 0 radical (unpaired) electrons. The molecule has 0 aromatic heterocycles. The third-order valence-electron chi connectivity index (χ3n) is 6.73. The number of rotatable bonds is 4. The van der Waals surface area contributed by atoms with Crippen molar-refractivity contribution in [1.82, 2.24) is 0 Å². The Morgan fingerprint density at radius 2 is 1.56 bits per heavy atom. The molecule has 2 heterocycles. The lowest BCUT2D eigenvalue weighted by Gasteiger charge is -2.18. The van der Waals surface area contributed by atoms with Crippen LogP contribution in [0.15, 0.2) is 60.2 Å². The molecule has 2 aromatic carbocycles. The maximum absolute atomic E-state index is 13.2. The highest BCUT2D eigenvalue weighted by Crippen LogP contribution is 2.40. The molecule has 2 aliphatic heterocycles. The average molecular weight is 462 g/mol. The van der Waals surface area contributed by atoms with Gasteiger partial charge in [0.2, 0.25) is 17.7 Å². The lowest BCUT2D eigenvalue weighted by atomic mass is 9.82. The SMILES string of the molecule is CC1=CC[C@@H]2C(=O)N(c3ccc(OC(=O)[C@@H]4CC(=O)N(c5ccc(F)cc5)C4)cc3)C(=O)[C@@H]2C1. The molecule has 0 N–H and O–H groups in total. The number of halogens is 1. The zero-order valence-electron chi connectivity index (χ0n) is 18.6. The molecule has 2 saturated heterocycles. The van der Waals surface area contributed by atoms with E-state index in [2.05, 4.69) is 0 Å². The first-order chi connectivity index (χ1) is 16.3. The van der Waals surface area contributed by atoms with Gasteiger partial charge >= 0.3 is 5.97 Å². The van der Waals surface area contributed by atoms with E-state index < -0.39 is 17.7 Å². The molecule has 2 aromatic rings. The van der Waals surface area contributed by atoms with Crippen LogP contribution < -0.4 is 14.5 Å². The van der Waals surface area contributed by atoms with E-state index in [9.17, 15) is 23.6 Å². The highest BCUT2D eigenvalue weighted by molar-refractivity contribution is 6.22. The number of allylic oxidation sites excluding steroid dienone is 2. The number of nitrogens with zero attached hydrogens (tertiary/aromatic N) is 2. The third kappa shape index (κ3) is 3.89. The smallest absolute Gasteiger partial charge is 0.316 e. The van der Waals surface area contributed by atoms with E-state index in [0.29, 0.717) is 24.2 Å². The van der Waals surface area contributed by atoms with Crippen molar-refractivity contribution in [3.63, 3.8) is 0 Å². The van der Waals surface area contributed by atoms with E-state index in [1.54, 1.807) is 12.1 Å². The van der Waals surface area contributed by atoms with Crippen LogP contribution in [0, 0.1) is 23.6 Å². The Balaban J connectivity index is 1.24. The standard InChI is InChI=1S/C26H23FN2O5/c1-15-2-11-21-22(12-15)25(32)29(24(21)31)19-7-9-20(10-8-19)34-26(33)16-13-23(30)28(14-16)18-5-3-17(27)4-6-18/h2-10,16,21-22H,11-14H2,1H3/t16-,21+,22-/m1/s1. The zero-order chi connectivity index (χ0) is 24.0. The van der Waals surface area contributed by atoms with Gasteiger partial charge in [-0.25, -0.2) is 4.39 Å². The molecule has 0 bridgehead atoms. The Morgan fingerprint density at radius 3 is 2.26 bits per heavy atom. The summed E-state index contributed by atoms with van der Waals surface area (Å²) in [5.41, 5.74) is 2.09. The lowest BCUT2D eigenvalue weighted by molar-refractivity contribution is -0.139. The van der Waals surface area contributed by atoms with Crippen LogP contribution >= 0.6 is 0 Å². The largest absolute Gasteiger partial charge is 0.426 e. The molecule has 7 nitrogen and oxygen atoms in total. The van der Waals surface area contributed by atoms with Crippen molar-refractivity contribution in [2.45, 2.75) is 26.2 Å². The Kier molecular flexibility index (Phi) is 5.51. The molecule has 5 rings (SSSR count). The van der Waals surface area contributed by atoms with Crippen LogP contribution in [-0.2, 0) is 19.2 Å². The number of fused-ring (bicyclic) bond motifs is 1. The summed E-state index contributed by atoms with van der Waals surface area (Å²) in [6.07, 6.45) is 3.18. The predicted octanol–water partition coefficient (Wildman–Crippen LogP) is 3.63. The molecule has 3 atom stereocenters. The molecule has 0 unspecified atom stereocenters. The molecule has 3 aliphatic rings. The highest BCUT2D eigenvalue weighted by atomic mass is 19.1. The highest BCUT2D eigenvalue weighted by Gasteiger charge is 2.48. The fraction of sp³-hybridized carbons (Fsp3) is 0.308. The molecular formula is C26H23FN2O5. The second kappa shape index (κ2) is 8.52. The molecule has 1 aliphatic carbocycles. The molecule has 0 spiro atoms. The summed E-state index contributed by atoms with van der Waals surface area (Å²) >= 11 is 0. The van der Waals surface area contributed by atoms with Crippen molar-refractivity contribution >= 4 is 35.1 Å². The van der Waals surface area contributed by atoms with Gasteiger partial charge in [0, 0.05) is 18.7 Å². The number of imide groups is 1. The van der Waals surface area contributed by atoms with Gasteiger partial charge < -0.3 is 9.64 Å². The van der Waals surface area contributed by atoms with Crippen molar-refractivity contribution in [2.75, 3.05) is 16.3 Å². The molecular weight excluding hydrogens is 439 g/mol.